The number of epoxide rings is 2. The fourth-order valence-corrected chi connectivity index (χ4v) is 1.97. The van der Waals surface area contributed by atoms with Crippen LogP contribution >= 0.6 is 0 Å². The van der Waals surface area contributed by atoms with Crippen molar-refractivity contribution >= 4 is 5.69 Å². The summed E-state index contributed by atoms with van der Waals surface area (Å²) in [6.45, 7) is 7.90. The summed E-state index contributed by atoms with van der Waals surface area (Å²) in [5.41, 5.74) is 1.17. The topological polar surface area (TPSA) is 37.5 Å². The molecule has 2 aliphatic heterocycles. The lowest BCUT2D eigenvalue weighted by Crippen LogP contribution is -2.27. The monoisotopic (exact) mass is 261 g/mol. The first kappa shape index (κ1) is 12.5. The van der Waals surface area contributed by atoms with Crippen LogP contribution in [0.15, 0.2) is 36.9 Å². The molecule has 0 N–H and O–H groups in total. The smallest absolute Gasteiger partial charge is 0.119 e. The van der Waals surface area contributed by atoms with Crippen molar-refractivity contribution in [2.24, 2.45) is 0 Å². The molecule has 2 fully saturated rings. The second kappa shape index (κ2) is 5.63. The van der Waals surface area contributed by atoms with Gasteiger partial charge in [-0.1, -0.05) is 6.08 Å². The van der Waals surface area contributed by atoms with Crippen LogP contribution in [0.2, 0.25) is 0 Å². The van der Waals surface area contributed by atoms with E-state index in [1.165, 1.54) is 5.69 Å². The van der Waals surface area contributed by atoms with Gasteiger partial charge in [-0.3, -0.25) is 0 Å². The van der Waals surface area contributed by atoms with Gasteiger partial charge in [-0.15, -0.1) is 6.58 Å². The van der Waals surface area contributed by atoms with Crippen molar-refractivity contribution in [3.63, 3.8) is 0 Å². The quantitative estimate of drug-likeness (QED) is 0.529. The zero-order chi connectivity index (χ0) is 13.1. The van der Waals surface area contributed by atoms with Crippen LogP contribution in [0.4, 0.5) is 5.69 Å². The van der Waals surface area contributed by atoms with Crippen LogP contribution in [0.3, 0.4) is 0 Å². The Hall–Kier alpha value is -1.52. The fourth-order valence-electron chi connectivity index (χ4n) is 1.97. The SMILES string of the molecule is C=CCN(CC1CO1)c1ccc(OCC2CO2)cc1. The van der Waals surface area contributed by atoms with Gasteiger partial charge in [0.15, 0.2) is 0 Å². The first-order chi connectivity index (χ1) is 9.35. The summed E-state index contributed by atoms with van der Waals surface area (Å²) in [5, 5.41) is 0. The third-order valence-corrected chi connectivity index (χ3v) is 3.22. The maximum absolute atomic E-state index is 5.63. The van der Waals surface area contributed by atoms with E-state index in [2.05, 4.69) is 23.6 Å². The minimum atomic E-state index is 0.295. The Morgan fingerprint density at radius 3 is 2.47 bits per heavy atom. The molecule has 3 rings (SSSR count). The predicted molar refractivity (Wildman–Crippen MR) is 73.8 cm³/mol. The van der Waals surface area contributed by atoms with Gasteiger partial charge in [-0.05, 0) is 24.3 Å². The molecule has 0 saturated carbocycles. The van der Waals surface area contributed by atoms with Crippen LogP contribution in [-0.4, -0.2) is 45.1 Å². The van der Waals surface area contributed by atoms with E-state index in [0.29, 0.717) is 18.8 Å². The van der Waals surface area contributed by atoms with Gasteiger partial charge < -0.3 is 19.1 Å². The number of hydrogen-bond acceptors (Lipinski definition) is 4. The standard InChI is InChI=1S/C15H19NO3/c1-2-7-16(8-14-9-18-14)12-3-5-13(6-4-12)17-10-15-11-19-15/h2-6,14-15H,1,7-11H2. The summed E-state index contributed by atoms with van der Waals surface area (Å²) in [4.78, 5) is 2.26. The van der Waals surface area contributed by atoms with Crippen LogP contribution in [0, 0.1) is 0 Å². The molecule has 2 aliphatic rings. The molecule has 2 saturated heterocycles. The molecular formula is C15H19NO3. The number of anilines is 1. The van der Waals surface area contributed by atoms with Crippen molar-refractivity contribution in [1.29, 1.82) is 0 Å². The average molecular weight is 261 g/mol. The van der Waals surface area contributed by atoms with E-state index in [1.54, 1.807) is 0 Å². The molecule has 4 heteroatoms. The van der Waals surface area contributed by atoms with E-state index < -0.39 is 0 Å². The van der Waals surface area contributed by atoms with Crippen molar-refractivity contribution in [3.05, 3.63) is 36.9 Å². The van der Waals surface area contributed by atoms with E-state index in [4.69, 9.17) is 14.2 Å². The summed E-state index contributed by atoms with van der Waals surface area (Å²) >= 11 is 0. The van der Waals surface area contributed by atoms with Gasteiger partial charge in [0.2, 0.25) is 0 Å². The van der Waals surface area contributed by atoms with Gasteiger partial charge in [0.25, 0.3) is 0 Å². The molecule has 0 radical (unpaired) electrons. The number of benzene rings is 1. The summed E-state index contributed by atoms with van der Waals surface area (Å²) in [7, 11) is 0. The summed E-state index contributed by atoms with van der Waals surface area (Å²) < 4.78 is 16.0. The Morgan fingerprint density at radius 2 is 1.89 bits per heavy atom. The van der Waals surface area contributed by atoms with Crippen LogP contribution < -0.4 is 9.64 Å². The highest BCUT2D eigenvalue weighted by Crippen LogP contribution is 2.23. The number of nitrogens with zero attached hydrogens (tertiary/aromatic N) is 1. The molecule has 0 aliphatic carbocycles. The number of rotatable bonds is 8. The van der Waals surface area contributed by atoms with Gasteiger partial charge in [0.1, 0.15) is 18.5 Å². The van der Waals surface area contributed by atoms with Gasteiger partial charge in [-0.2, -0.15) is 0 Å². The molecule has 2 heterocycles. The van der Waals surface area contributed by atoms with Crippen LogP contribution in [0.5, 0.6) is 5.75 Å². The van der Waals surface area contributed by atoms with E-state index in [9.17, 15) is 0 Å². The Morgan fingerprint density at radius 1 is 1.21 bits per heavy atom. The lowest BCUT2D eigenvalue weighted by molar-refractivity contribution is 0.263. The summed E-state index contributed by atoms with van der Waals surface area (Å²) in [6, 6.07) is 8.16. The first-order valence-corrected chi connectivity index (χ1v) is 6.67. The molecule has 19 heavy (non-hydrogen) atoms. The van der Waals surface area contributed by atoms with E-state index >= 15 is 0 Å². The zero-order valence-corrected chi connectivity index (χ0v) is 11.0. The third-order valence-electron chi connectivity index (χ3n) is 3.22. The van der Waals surface area contributed by atoms with E-state index in [0.717, 1.165) is 32.1 Å². The van der Waals surface area contributed by atoms with E-state index in [-0.39, 0.29) is 0 Å². The Balaban J connectivity index is 1.59. The fraction of sp³-hybridized carbons (Fsp3) is 0.467. The van der Waals surface area contributed by atoms with Crippen LogP contribution in [-0.2, 0) is 9.47 Å². The molecule has 0 amide bonds. The average Bonchev–Trinajstić information content (AvgIpc) is 3.31. The summed E-state index contributed by atoms with van der Waals surface area (Å²) in [6.07, 6.45) is 2.59. The Kier molecular flexibility index (Phi) is 3.71. The molecule has 0 bridgehead atoms. The maximum atomic E-state index is 5.63. The Bertz CT molecular complexity index is 424. The molecule has 2 unspecified atom stereocenters. The summed E-state index contributed by atoms with van der Waals surface area (Å²) in [5.74, 6) is 0.889. The lowest BCUT2D eigenvalue weighted by atomic mass is 10.2. The van der Waals surface area contributed by atoms with Crippen molar-refractivity contribution < 1.29 is 14.2 Å². The van der Waals surface area contributed by atoms with E-state index in [1.807, 2.05) is 18.2 Å². The van der Waals surface area contributed by atoms with Crippen molar-refractivity contribution in [2.75, 3.05) is 37.8 Å². The largest absolute Gasteiger partial charge is 0.491 e. The molecule has 4 nitrogen and oxygen atoms in total. The third kappa shape index (κ3) is 3.72. The maximum Gasteiger partial charge on any atom is 0.119 e. The van der Waals surface area contributed by atoms with Crippen molar-refractivity contribution in [3.8, 4) is 5.75 Å². The van der Waals surface area contributed by atoms with Gasteiger partial charge >= 0.3 is 0 Å². The second-order valence-corrected chi connectivity index (χ2v) is 4.91. The first-order valence-electron chi connectivity index (χ1n) is 6.67. The molecular weight excluding hydrogens is 242 g/mol. The predicted octanol–water partition coefficient (Wildman–Crippen LogP) is 1.86. The second-order valence-electron chi connectivity index (χ2n) is 4.91. The molecule has 0 spiro atoms. The minimum absolute atomic E-state index is 0.295. The normalized spacial score (nSPS) is 23.8. The minimum Gasteiger partial charge on any atom is -0.491 e. The van der Waals surface area contributed by atoms with Crippen LogP contribution in [0.25, 0.3) is 0 Å². The van der Waals surface area contributed by atoms with Gasteiger partial charge in [0, 0.05) is 18.8 Å². The molecule has 0 aromatic heterocycles. The molecule has 102 valence electrons. The lowest BCUT2D eigenvalue weighted by Gasteiger charge is -2.22. The molecule has 2 atom stereocenters. The van der Waals surface area contributed by atoms with Gasteiger partial charge in [-0.25, -0.2) is 0 Å². The number of ether oxygens (including phenoxy) is 3. The molecule has 1 aromatic rings. The zero-order valence-electron chi connectivity index (χ0n) is 11.0. The van der Waals surface area contributed by atoms with Crippen molar-refractivity contribution in [1.82, 2.24) is 0 Å². The highest BCUT2D eigenvalue weighted by molar-refractivity contribution is 5.49. The van der Waals surface area contributed by atoms with Gasteiger partial charge in [0.05, 0.1) is 19.3 Å². The van der Waals surface area contributed by atoms with Crippen LogP contribution in [0.1, 0.15) is 0 Å². The highest BCUT2D eigenvalue weighted by Gasteiger charge is 2.25. The molecule has 1 aromatic carbocycles. The van der Waals surface area contributed by atoms with Crippen molar-refractivity contribution in [2.45, 2.75) is 12.2 Å². The number of hydrogen-bond donors (Lipinski definition) is 0. The highest BCUT2D eigenvalue weighted by atomic mass is 16.6. The Labute approximate surface area is 113 Å².